The average molecular weight is 313 g/mol. The Balaban J connectivity index is 1.90. The highest BCUT2D eigenvalue weighted by Gasteiger charge is 2.12. The van der Waals surface area contributed by atoms with Crippen molar-refractivity contribution in [3.05, 3.63) is 23.4 Å². The standard InChI is InChI=1S/C15H23NO4S/c1-12-14(8-5-11-21(17,18)19)16-15(20-12)10-9-13-6-3-2-4-7-13/h9-10,13H,2-8,11H2,1H3,(H,17,18,19)/b10-9+. The van der Waals surface area contributed by atoms with Gasteiger partial charge in [-0.2, -0.15) is 8.42 Å². The number of hydrogen-bond donors (Lipinski definition) is 1. The summed E-state index contributed by atoms with van der Waals surface area (Å²) >= 11 is 0. The van der Waals surface area contributed by atoms with Crippen LogP contribution in [0.1, 0.15) is 55.9 Å². The van der Waals surface area contributed by atoms with Crippen LogP contribution in [0.15, 0.2) is 10.5 Å². The number of nitrogens with zero attached hydrogens (tertiary/aromatic N) is 1. The zero-order valence-corrected chi connectivity index (χ0v) is 13.2. The Kier molecular flexibility index (Phi) is 5.58. The number of rotatable bonds is 6. The normalized spacial score (nSPS) is 17.6. The van der Waals surface area contributed by atoms with Crippen LogP contribution in [-0.4, -0.2) is 23.7 Å². The Labute approximate surface area is 126 Å². The second-order valence-electron chi connectivity index (χ2n) is 5.70. The molecular weight excluding hydrogens is 290 g/mol. The van der Waals surface area contributed by atoms with Crippen molar-refractivity contribution in [1.82, 2.24) is 4.98 Å². The summed E-state index contributed by atoms with van der Waals surface area (Å²) in [6.45, 7) is 1.83. The van der Waals surface area contributed by atoms with Crippen LogP contribution in [0.5, 0.6) is 0 Å². The van der Waals surface area contributed by atoms with E-state index in [1.54, 1.807) is 0 Å². The lowest BCUT2D eigenvalue weighted by molar-refractivity contribution is 0.420. The van der Waals surface area contributed by atoms with E-state index in [1.807, 2.05) is 13.0 Å². The van der Waals surface area contributed by atoms with E-state index >= 15 is 0 Å². The van der Waals surface area contributed by atoms with Gasteiger partial charge in [-0.1, -0.05) is 25.3 Å². The molecule has 1 aromatic heterocycles. The number of aryl methyl sites for hydroxylation is 2. The van der Waals surface area contributed by atoms with Gasteiger partial charge in [0.25, 0.3) is 10.1 Å². The Bertz CT molecular complexity index is 583. The number of oxazole rings is 1. The summed E-state index contributed by atoms with van der Waals surface area (Å²) < 4.78 is 35.7. The van der Waals surface area contributed by atoms with Gasteiger partial charge in [0, 0.05) is 0 Å². The van der Waals surface area contributed by atoms with Gasteiger partial charge in [-0.15, -0.1) is 0 Å². The van der Waals surface area contributed by atoms with Crippen molar-refractivity contribution in [3.63, 3.8) is 0 Å². The Hall–Kier alpha value is -1.14. The van der Waals surface area contributed by atoms with Crippen molar-refractivity contribution < 1.29 is 17.4 Å². The third-order valence-electron chi connectivity index (χ3n) is 3.89. The third-order valence-corrected chi connectivity index (χ3v) is 4.69. The minimum atomic E-state index is -3.90. The first-order valence-corrected chi connectivity index (χ1v) is 9.14. The highest BCUT2D eigenvalue weighted by atomic mass is 32.2. The lowest BCUT2D eigenvalue weighted by Crippen LogP contribution is -2.05. The molecule has 1 aliphatic rings. The van der Waals surface area contributed by atoms with Gasteiger partial charge in [-0.3, -0.25) is 4.55 Å². The largest absolute Gasteiger partial charge is 0.442 e. The minimum absolute atomic E-state index is 0.244. The molecule has 0 aromatic carbocycles. The topological polar surface area (TPSA) is 80.4 Å². The Morgan fingerprint density at radius 2 is 2.05 bits per heavy atom. The van der Waals surface area contributed by atoms with E-state index < -0.39 is 10.1 Å². The molecule has 0 amide bonds. The zero-order chi connectivity index (χ0) is 15.3. The van der Waals surface area contributed by atoms with Crippen LogP contribution in [0.4, 0.5) is 0 Å². The maximum absolute atomic E-state index is 10.7. The van der Waals surface area contributed by atoms with E-state index in [0.717, 1.165) is 5.69 Å². The SMILES string of the molecule is Cc1oc(/C=C/C2CCCCC2)nc1CCCS(=O)(=O)O. The highest BCUT2D eigenvalue weighted by Crippen LogP contribution is 2.25. The molecule has 1 heterocycles. The lowest BCUT2D eigenvalue weighted by Gasteiger charge is -2.17. The Morgan fingerprint density at radius 3 is 2.71 bits per heavy atom. The molecule has 5 nitrogen and oxygen atoms in total. The smallest absolute Gasteiger partial charge is 0.264 e. The molecule has 1 aliphatic carbocycles. The van der Waals surface area contributed by atoms with Crippen LogP contribution < -0.4 is 0 Å². The predicted octanol–water partition coefficient (Wildman–Crippen LogP) is 3.40. The van der Waals surface area contributed by atoms with Crippen molar-refractivity contribution in [1.29, 1.82) is 0 Å². The molecular formula is C15H23NO4S. The average Bonchev–Trinajstić information content (AvgIpc) is 2.77. The quantitative estimate of drug-likeness (QED) is 0.814. The van der Waals surface area contributed by atoms with E-state index in [2.05, 4.69) is 11.1 Å². The maximum Gasteiger partial charge on any atom is 0.264 e. The van der Waals surface area contributed by atoms with E-state index in [4.69, 9.17) is 8.97 Å². The van der Waals surface area contributed by atoms with E-state index in [1.165, 1.54) is 32.1 Å². The fourth-order valence-electron chi connectivity index (χ4n) is 2.72. The number of hydrogen-bond acceptors (Lipinski definition) is 4. The van der Waals surface area contributed by atoms with E-state index in [0.29, 0.717) is 30.4 Å². The first-order chi connectivity index (χ1) is 9.94. The lowest BCUT2D eigenvalue weighted by atomic mass is 9.89. The number of aromatic nitrogens is 1. The molecule has 6 heteroatoms. The van der Waals surface area contributed by atoms with Crippen LogP contribution in [0, 0.1) is 12.8 Å². The molecule has 0 radical (unpaired) electrons. The van der Waals surface area contributed by atoms with E-state index in [9.17, 15) is 8.42 Å². The van der Waals surface area contributed by atoms with Gasteiger partial charge in [-0.25, -0.2) is 4.98 Å². The molecule has 1 fully saturated rings. The molecule has 2 rings (SSSR count). The summed E-state index contributed by atoms with van der Waals surface area (Å²) in [5.74, 6) is 1.68. The molecule has 0 saturated heterocycles. The molecule has 1 aromatic rings. The van der Waals surface area contributed by atoms with Gasteiger partial charge in [0.05, 0.1) is 11.4 Å². The molecule has 21 heavy (non-hydrogen) atoms. The van der Waals surface area contributed by atoms with Crippen molar-refractivity contribution in [2.45, 2.75) is 51.9 Å². The summed E-state index contributed by atoms with van der Waals surface area (Å²) in [6.07, 6.45) is 11.3. The summed E-state index contributed by atoms with van der Waals surface area (Å²) in [6, 6.07) is 0. The molecule has 1 N–H and O–H groups in total. The van der Waals surface area contributed by atoms with Crippen LogP contribution in [-0.2, 0) is 16.5 Å². The maximum atomic E-state index is 10.7. The van der Waals surface area contributed by atoms with Crippen LogP contribution in [0.2, 0.25) is 0 Å². The Morgan fingerprint density at radius 1 is 1.33 bits per heavy atom. The predicted molar refractivity (Wildman–Crippen MR) is 81.6 cm³/mol. The van der Waals surface area contributed by atoms with Crippen molar-refractivity contribution in [2.24, 2.45) is 5.92 Å². The molecule has 1 saturated carbocycles. The van der Waals surface area contributed by atoms with Crippen molar-refractivity contribution in [3.8, 4) is 0 Å². The molecule has 0 aliphatic heterocycles. The zero-order valence-electron chi connectivity index (χ0n) is 12.4. The van der Waals surface area contributed by atoms with Crippen molar-refractivity contribution in [2.75, 3.05) is 5.75 Å². The molecule has 0 spiro atoms. The summed E-state index contributed by atoms with van der Waals surface area (Å²) in [4.78, 5) is 4.38. The highest BCUT2D eigenvalue weighted by molar-refractivity contribution is 7.85. The molecule has 0 unspecified atom stereocenters. The summed E-state index contributed by atoms with van der Waals surface area (Å²) in [5, 5.41) is 0. The van der Waals surface area contributed by atoms with Gasteiger partial charge in [0.1, 0.15) is 5.76 Å². The fourth-order valence-corrected chi connectivity index (χ4v) is 3.23. The second kappa shape index (κ2) is 7.22. The van der Waals surface area contributed by atoms with E-state index in [-0.39, 0.29) is 5.75 Å². The third kappa shape index (κ3) is 5.63. The van der Waals surface area contributed by atoms with Gasteiger partial charge in [-0.05, 0) is 44.6 Å². The molecule has 0 bridgehead atoms. The summed E-state index contributed by atoms with van der Waals surface area (Å²) in [5.41, 5.74) is 0.766. The second-order valence-corrected chi connectivity index (χ2v) is 7.27. The number of allylic oxidation sites excluding steroid dienone is 1. The van der Waals surface area contributed by atoms with Gasteiger partial charge in [0.15, 0.2) is 0 Å². The van der Waals surface area contributed by atoms with Crippen LogP contribution >= 0.6 is 0 Å². The van der Waals surface area contributed by atoms with Gasteiger partial charge < -0.3 is 4.42 Å². The monoisotopic (exact) mass is 313 g/mol. The van der Waals surface area contributed by atoms with Crippen LogP contribution in [0.3, 0.4) is 0 Å². The summed E-state index contributed by atoms with van der Waals surface area (Å²) in [7, 11) is -3.90. The van der Waals surface area contributed by atoms with Gasteiger partial charge >= 0.3 is 0 Å². The fraction of sp³-hybridized carbons (Fsp3) is 0.667. The van der Waals surface area contributed by atoms with Crippen molar-refractivity contribution >= 4 is 16.2 Å². The first kappa shape index (κ1) is 16.2. The molecule has 118 valence electrons. The first-order valence-electron chi connectivity index (χ1n) is 7.54. The minimum Gasteiger partial charge on any atom is -0.442 e. The van der Waals surface area contributed by atoms with Gasteiger partial charge in [0.2, 0.25) is 5.89 Å². The van der Waals surface area contributed by atoms with Crippen LogP contribution in [0.25, 0.3) is 6.08 Å². The molecule has 0 atom stereocenters.